The van der Waals surface area contributed by atoms with Crippen LogP contribution in [0.1, 0.15) is 28.4 Å². The number of methoxy groups -OCH3 is 1. The molecule has 1 aliphatic rings. The van der Waals surface area contributed by atoms with Crippen molar-refractivity contribution in [3.8, 4) is 22.8 Å². The summed E-state index contributed by atoms with van der Waals surface area (Å²) in [7, 11) is 1.62. The van der Waals surface area contributed by atoms with Crippen molar-refractivity contribution in [3.05, 3.63) is 81.9 Å². The molecule has 0 radical (unpaired) electrons. The highest BCUT2D eigenvalue weighted by molar-refractivity contribution is 6.31. The maximum Gasteiger partial charge on any atom is 0.228 e. The van der Waals surface area contributed by atoms with Crippen LogP contribution < -0.4 is 20.9 Å². The molecule has 0 saturated carbocycles. The molecular formula is C28H26ClFN4O4. The minimum atomic E-state index is -0.553. The van der Waals surface area contributed by atoms with Gasteiger partial charge < -0.3 is 20.9 Å². The topological polar surface area (TPSA) is 130 Å². The van der Waals surface area contributed by atoms with Crippen molar-refractivity contribution in [2.75, 3.05) is 13.7 Å². The fraction of sp³-hybridized carbons (Fsp3) is 0.214. The zero-order valence-corrected chi connectivity index (χ0v) is 21.6. The van der Waals surface area contributed by atoms with Gasteiger partial charge in [-0.15, -0.1) is 0 Å². The quantitative estimate of drug-likeness (QED) is 0.354. The van der Waals surface area contributed by atoms with Gasteiger partial charge in [-0.25, -0.2) is 14.4 Å². The van der Waals surface area contributed by atoms with Gasteiger partial charge >= 0.3 is 0 Å². The maximum atomic E-state index is 13.5. The summed E-state index contributed by atoms with van der Waals surface area (Å²) in [5.74, 6) is -0.151. The van der Waals surface area contributed by atoms with Gasteiger partial charge in [0, 0.05) is 22.2 Å². The second-order valence-electron chi connectivity index (χ2n) is 8.71. The van der Waals surface area contributed by atoms with Crippen LogP contribution in [0.25, 0.3) is 22.2 Å². The lowest BCUT2D eigenvalue weighted by molar-refractivity contribution is -0.119. The standard InChI is InChI=1S/C27H23ClFN3O3.CH3NO/c1-14-22(28)11-17-9-15(10-23(34-2)24(17)31-14)3-8-19-12-20-21(27(30)33)13-35-26(20)25(32-19)16-4-6-18(29)7-5-16;2-1-3/h4-7,9-12,21H,3,8,13H2,1-2H3,(H2,30,33);1H,(H2,2,3). The van der Waals surface area contributed by atoms with E-state index in [0.29, 0.717) is 46.2 Å². The minimum Gasteiger partial charge on any atom is -0.494 e. The number of rotatable bonds is 6. The van der Waals surface area contributed by atoms with Crippen molar-refractivity contribution < 1.29 is 23.5 Å². The highest BCUT2D eigenvalue weighted by atomic mass is 35.5. The number of aromatic nitrogens is 2. The lowest BCUT2D eigenvalue weighted by atomic mass is 9.96. The van der Waals surface area contributed by atoms with E-state index >= 15 is 0 Å². The zero-order chi connectivity index (χ0) is 27.4. The van der Waals surface area contributed by atoms with Crippen molar-refractivity contribution in [1.29, 1.82) is 0 Å². The van der Waals surface area contributed by atoms with E-state index in [4.69, 9.17) is 36.6 Å². The van der Waals surface area contributed by atoms with E-state index in [1.807, 2.05) is 31.2 Å². The second-order valence-corrected chi connectivity index (χ2v) is 9.12. The van der Waals surface area contributed by atoms with Crippen LogP contribution in [0.15, 0.2) is 48.5 Å². The van der Waals surface area contributed by atoms with Crippen LogP contribution in [0.5, 0.6) is 11.5 Å². The Morgan fingerprint density at radius 2 is 1.89 bits per heavy atom. The van der Waals surface area contributed by atoms with Gasteiger partial charge in [0.05, 0.1) is 17.8 Å². The summed E-state index contributed by atoms with van der Waals surface area (Å²) in [5.41, 5.74) is 15.1. The molecule has 4 N–H and O–H groups in total. The summed E-state index contributed by atoms with van der Waals surface area (Å²) >= 11 is 6.30. The van der Waals surface area contributed by atoms with Crippen molar-refractivity contribution in [3.63, 3.8) is 0 Å². The Hall–Kier alpha value is -4.24. The van der Waals surface area contributed by atoms with E-state index < -0.39 is 11.8 Å². The number of nitrogens with zero attached hydrogens (tertiary/aromatic N) is 2. The second kappa shape index (κ2) is 11.4. The molecule has 0 saturated heterocycles. The average Bonchev–Trinajstić information content (AvgIpc) is 3.33. The smallest absolute Gasteiger partial charge is 0.228 e. The first-order valence-corrected chi connectivity index (χ1v) is 12.1. The molecule has 0 fully saturated rings. The number of hydrogen-bond acceptors (Lipinski definition) is 6. The number of primary amides is 2. The molecule has 196 valence electrons. The number of halogens is 2. The van der Waals surface area contributed by atoms with Crippen LogP contribution in [0.2, 0.25) is 5.02 Å². The van der Waals surface area contributed by atoms with Crippen LogP contribution in [0.4, 0.5) is 4.39 Å². The Bertz CT molecular complexity index is 1510. The number of fused-ring (bicyclic) bond motifs is 2. The largest absolute Gasteiger partial charge is 0.494 e. The molecule has 0 aliphatic carbocycles. The molecule has 1 unspecified atom stereocenters. The lowest BCUT2D eigenvalue weighted by Gasteiger charge is -2.13. The molecule has 0 spiro atoms. The first-order valence-electron chi connectivity index (χ1n) is 11.8. The number of carbonyl (C=O) groups excluding carboxylic acids is 2. The summed E-state index contributed by atoms with van der Waals surface area (Å²) in [4.78, 5) is 30.0. The van der Waals surface area contributed by atoms with E-state index in [9.17, 15) is 9.18 Å². The van der Waals surface area contributed by atoms with Crippen molar-refractivity contribution in [2.45, 2.75) is 25.7 Å². The Morgan fingerprint density at radius 1 is 1.18 bits per heavy atom. The number of hydrogen-bond donors (Lipinski definition) is 2. The summed E-state index contributed by atoms with van der Waals surface area (Å²) in [6, 6.07) is 13.8. The monoisotopic (exact) mass is 536 g/mol. The van der Waals surface area contributed by atoms with Gasteiger partial charge in [0.2, 0.25) is 12.3 Å². The van der Waals surface area contributed by atoms with Gasteiger partial charge in [-0.05, 0) is 73.9 Å². The third-order valence-corrected chi connectivity index (χ3v) is 6.63. The van der Waals surface area contributed by atoms with Gasteiger partial charge in [-0.1, -0.05) is 11.6 Å². The Balaban J connectivity index is 0.00000107. The summed E-state index contributed by atoms with van der Waals surface area (Å²) < 4.78 is 24.9. The molecule has 2 aromatic heterocycles. The number of aryl methyl sites for hydroxylation is 3. The molecule has 5 rings (SSSR count). The van der Waals surface area contributed by atoms with Crippen molar-refractivity contribution in [1.82, 2.24) is 9.97 Å². The van der Waals surface area contributed by atoms with Crippen LogP contribution in [-0.4, -0.2) is 36.0 Å². The number of ether oxygens (including phenoxy) is 2. The SMILES string of the molecule is COc1cc(CCc2cc3c(c(-c4ccc(F)cc4)n2)OCC3C(N)=O)cc2cc(Cl)c(C)nc12.NC=O. The normalized spacial score (nSPS) is 13.7. The fourth-order valence-corrected chi connectivity index (χ4v) is 4.55. The van der Waals surface area contributed by atoms with Gasteiger partial charge in [-0.3, -0.25) is 9.59 Å². The lowest BCUT2D eigenvalue weighted by Crippen LogP contribution is -2.22. The highest BCUT2D eigenvalue weighted by Gasteiger charge is 2.32. The number of carbonyl (C=O) groups is 2. The highest BCUT2D eigenvalue weighted by Crippen LogP contribution is 2.41. The molecule has 2 amide bonds. The fourth-order valence-electron chi connectivity index (χ4n) is 4.40. The number of pyridine rings is 2. The van der Waals surface area contributed by atoms with Crippen LogP contribution >= 0.6 is 11.6 Å². The summed E-state index contributed by atoms with van der Waals surface area (Å²) in [6.45, 7) is 2.02. The van der Waals surface area contributed by atoms with Gasteiger partial charge in [0.1, 0.15) is 41.1 Å². The number of benzene rings is 2. The van der Waals surface area contributed by atoms with Crippen molar-refractivity contribution in [2.24, 2.45) is 11.5 Å². The Morgan fingerprint density at radius 3 is 2.55 bits per heavy atom. The molecular weight excluding hydrogens is 511 g/mol. The van der Waals surface area contributed by atoms with E-state index in [1.54, 1.807) is 19.2 Å². The predicted molar refractivity (Wildman–Crippen MR) is 143 cm³/mol. The van der Waals surface area contributed by atoms with Crippen LogP contribution in [-0.2, 0) is 22.4 Å². The van der Waals surface area contributed by atoms with Crippen LogP contribution in [0, 0.1) is 12.7 Å². The third-order valence-electron chi connectivity index (χ3n) is 6.25. The third kappa shape index (κ3) is 5.52. The summed E-state index contributed by atoms with van der Waals surface area (Å²) in [5, 5.41) is 1.49. The van der Waals surface area contributed by atoms with Gasteiger partial charge in [0.15, 0.2) is 0 Å². The molecule has 8 nitrogen and oxygen atoms in total. The molecule has 1 atom stereocenters. The Kier molecular flexibility index (Phi) is 8.07. The van der Waals surface area contributed by atoms with E-state index in [2.05, 4.69) is 10.7 Å². The van der Waals surface area contributed by atoms with Crippen molar-refractivity contribution >= 4 is 34.8 Å². The molecule has 1 aliphatic heterocycles. The van der Waals surface area contributed by atoms with Gasteiger partial charge in [-0.2, -0.15) is 0 Å². The summed E-state index contributed by atoms with van der Waals surface area (Å²) in [6.07, 6.45) is 1.50. The zero-order valence-electron chi connectivity index (χ0n) is 20.8. The first kappa shape index (κ1) is 26.8. The molecule has 3 heterocycles. The predicted octanol–water partition coefficient (Wildman–Crippen LogP) is 4.25. The number of nitrogens with two attached hydrogens (primary N) is 2. The molecule has 0 bridgehead atoms. The maximum absolute atomic E-state index is 13.5. The van der Waals surface area contributed by atoms with E-state index in [0.717, 1.165) is 27.9 Å². The van der Waals surface area contributed by atoms with Crippen LogP contribution in [0.3, 0.4) is 0 Å². The number of amides is 2. The molecule has 2 aromatic carbocycles. The average molecular weight is 537 g/mol. The minimum absolute atomic E-state index is 0.166. The molecule has 4 aromatic rings. The van der Waals surface area contributed by atoms with E-state index in [-0.39, 0.29) is 18.8 Å². The molecule has 10 heteroatoms. The Labute approximate surface area is 223 Å². The van der Waals surface area contributed by atoms with E-state index in [1.165, 1.54) is 12.1 Å². The molecule has 38 heavy (non-hydrogen) atoms. The van der Waals surface area contributed by atoms with Gasteiger partial charge in [0.25, 0.3) is 0 Å². The first-order chi connectivity index (χ1) is 18.2.